The normalized spacial score (nSPS) is 25.0. The second-order valence-corrected chi connectivity index (χ2v) is 2.55. The van der Waals surface area contributed by atoms with Crippen LogP contribution in [0.15, 0.2) is 23.3 Å². The summed E-state index contributed by atoms with van der Waals surface area (Å²) in [6, 6.07) is 0. The zero-order chi connectivity index (χ0) is 5.40. The summed E-state index contributed by atoms with van der Waals surface area (Å²) in [5.74, 6) is 0. The lowest BCUT2D eigenvalue weighted by atomic mass is 10.2. The van der Waals surface area contributed by atoms with E-state index in [1.165, 1.54) is 25.7 Å². The molecule has 1 saturated carbocycles. The van der Waals surface area contributed by atoms with E-state index in [4.69, 9.17) is 0 Å². The molecule has 0 spiro atoms. The molecule has 0 heteroatoms. The Morgan fingerprint density at radius 1 is 1.00 bits per heavy atom. The summed E-state index contributed by atoms with van der Waals surface area (Å²) in [6.45, 7) is 0. The first kappa shape index (κ1) is 4.37. The van der Waals surface area contributed by atoms with Gasteiger partial charge < -0.3 is 0 Å². The molecular formula is C8H10. The Balaban J connectivity index is 2.37. The summed E-state index contributed by atoms with van der Waals surface area (Å²) in [5, 5.41) is 0. The molecule has 42 valence electrons. The molecule has 0 nitrogen and oxygen atoms in total. The van der Waals surface area contributed by atoms with E-state index < -0.39 is 0 Å². The average molecular weight is 106 g/mol. The van der Waals surface area contributed by atoms with Gasteiger partial charge in [-0.3, -0.25) is 0 Å². The minimum atomic E-state index is 1.21. The highest BCUT2D eigenvalue weighted by Crippen LogP contribution is 2.34. The average Bonchev–Trinajstić information content (AvgIpc) is 2.15. The molecule has 2 rings (SSSR count). The SMILES string of the molecule is C1=C2CCCC2=CC1. The first-order valence-corrected chi connectivity index (χ1v) is 3.35. The van der Waals surface area contributed by atoms with Crippen molar-refractivity contribution in [2.75, 3.05) is 0 Å². The second kappa shape index (κ2) is 1.48. The topological polar surface area (TPSA) is 0 Å². The number of allylic oxidation sites excluding steroid dienone is 4. The van der Waals surface area contributed by atoms with E-state index in [1.807, 2.05) is 0 Å². The van der Waals surface area contributed by atoms with Crippen molar-refractivity contribution in [1.82, 2.24) is 0 Å². The monoisotopic (exact) mass is 106 g/mol. The van der Waals surface area contributed by atoms with Gasteiger partial charge in [-0.15, -0.1) is 0 Å². The fourth-order valence-electron chi connectivity index (χ4n) is 1.60. The third-order valence-electron chi connectivity index (χ3n) is 2.03. The van der Waals surface area contributed by atoms with Gasteiger partial charge in [0.05, 0.1) is 0 Å². The first-order valence-electron chi connectivity index (χ1n) is 3.35. The van der Waals surface area contributed by atoms with Crippen LogP contribution in [0.3, 0.4) is 0 Å². The highest BCUT2D eigenvalue weighted by molar-refractivity contribution is 5.39. The molecule has 0 radical (unpaired) electrons. The Labute approximate surface area is 49.9 Å². The van der Waals surface area contributed by atoms with Gasteiger partial charge >= 0.3 is 0 Å². The smallest absolute Gasteiger partial charge is 0.0157 e. The maximum absolute atomic E-state index is 2.36. The number of fused-ring (bicyclic) bond motifs is 1. The Hall–Kier alpha value is -0.520. The van der Waals surface area contributed by atoms with Gasteiger partial charge in [0.15, 0.2) is 0 Å². The molecule has 2 aliphatic carbocycles. The summed E-state index contributed by atoms with van der Waals surface area (Å²) in [7, 11) is 0. The molecule has 0 amide bonds. The lowest BCUT2D eigenvalue weighted by molar-refractivity contribution is 0.925. The molecule has 0 saturated heterocycles. The summed E-state index contributed by atoms with van der Waals surface area (Å²) in [5.41, 5.74) is 3.29. The van der Waals surface area contributed by atoms with Crippen molar-refractivity contribution >= 4 is 0 Å². The largest absolute Gasteiger partial charge is 0.0772 e. The van der Waals surface area contributed by atoms with Crippen LogP contribution in [-0.4, -0.2) is 0 Å². The van der Waals surface area contributed by atoms with E-state index >= 15 is 0 Å². The number of hydrogen-bond donors (Lipinski definition) is 0. The van der Waals surface area contributed by atoms with Gasteiger partial charge in [-0.05, 0) is 36.8 Å². The summed E-state index contributed by atoms with van der Waals surface area (Å²) in [4.78, 5) is 0. The van der Waals surface area contributed by atoms with Crippen molar-refractivity contribution in [1.29, 1.82) is 0 Å². The Morgan fingerprint density at radius 2 is 1.62 bits per heavy atom. The van der Waals surface area contributed by atoms with E-state index in [1.54, 1.807) is 11.1 Å². The number of hydrogen-bond acceptors (Lipinski definition) is 0. The van der Waals surface area contributed by atoms with Crippen LogP contribution in [0.5, 0.6) is 0 Å². The Kier molecular flexibility index (Phi) is 0.806. The third kappa shape index (κ3) is 0.459. The van der Waals surface area contributed by atoms with Gasteiger partial charge in [0.25, 0.3) is 0 Å². The molecular weight excluding hydrogens is 96.1 g/mol. The van der Waals surface area contributed by atoms with Crippen LogP contribution in [0.4, 0.5) is 0 Å². The minimum Gasteiger partial charge on any atom is -0.0772 e. The van der Waals surface area contributed by atoms with E-state index in [-0.39, 0.29) is 0 Å². The van der Waals surface area contributed by atoms with E-state index in [9.17, 15) is 0 Å². The van der Waals surface area contributed by atoms with Crippen molar-refractivity contribution in [3.8, 4) is 0 Å². The highest BCUT2D eigenvalue weighted by atomic mass is 14.2. The van der Waals surface area contributed by atoms with Crippen molar-refractivity contribution in [3.05, 3.63) is 23.3 Å². The first-order chi connectivity index (χ1) is 3.97. The van der Waals surface area contributed by atoms with E-state index in [0.29, 0.717) is 0 Å². The van der Waals surface area contributed by atoms with Crippen LogP contribution in [0, 0.1) is 0 Å². The van der Waals surface area contributed by atoms with Gasteiger partial charge in [0.2, 0.25) is 0 Å². The Morgan fingerprint density at radius 3 is 2.25 bits per heavy atom. The van der Waals surface area contributed by atoms with Crippen LogP contribution in [0.25, 0.3) is 0 Å². The van der Waals surface area contributed by atoms with E-state index in [0.717, 1.165) is 0 Å². The van der Waals surface area contributed by atoms with Gasteiger partial charge in [-0.2, -0.15) is 0 Å². The molecule has 1 fully saturated rings. The Bertz CT molecular complexity index is 143. The van der Waals surface area contributed by atoms with Gasteiger partial charge in [-0.25, -0.2) is 0 Å². The van der Waals surface area contributed by atoms with Crippen LogP contribution in [0.1, 0.15) is 25.7 Å². The maximum atomic E-state index is 2.36. The predicted octanol–water partition coefficient (Wildman–Crippen LogP) is 2.43. The quantitative estimate of drug-likeness (QED) is 0.445. The molecule has 0 bridgehead atoms. The molecule has 0 N–H and O–H groups in total. The molecule has 0 heterocycles. The van der Waals surface area contributed by atoms with E-state index in [2.05, 4.69) is 12.2 Å². The van der Waals surface area contributed by atoms with Gasteiger partial charge in [0.1, 0.15) is 0 Å². The summed E-state index contributed by atoms with van der Waals surface area (Å²) >= 11 is 0. The molecule has 8 heavy (non-hydrogen) atoms. The van der Waals surface area contributed by atoms with Crippen molar-refractivity contribution in [2.45, 2.75) is 25.7 Å². The fraction of sp³-hybridized carbons (Fsp3) is 0.500. The van der Waals surface area contributed by atoms with Crippen molar-refractivity contribution < 1.29 is 0 Å². The van der Waals surface area contributed by atoms with Crippen LogP contribution < -0.4 is 0 Å². The molecule has 0 aliphatic heterocycles. The van der Waals surface area contributed by atoms with Crippen LogP contribution in [-0.2, 0) is 0 Å². The van der Waals surface area contributed by atoms with Gasteiger partial charge in [0, 0.05) is 0 Å². The molecule has 0 atom stereocenters. The maximum Gasteiger partial charge on any atom is -0.0157 e. The van der Waals surface area contributed by atoms with Crippen molar-refractivity contribution in [2.24, 2.45) is 0 Å². The molecule has 2 aliphatic rings. The lowest BCUT2D eigenvalue weighted by Gasteiger charge is -1.87. The highest BCUT2D eigenvalue weighted by Gasteiger charge is 2.14. The second-order valence-electron chi connectivity index (χ2n) is 2.55. The molecule has 0 aromatic heterocycles. The standard InChI is InChI=1S/C8H10/c1-3-7-5-2-6-8(7)4-1/h3-4H,1-2,5-6H2. The summed E-state index contributed by atoms with van der Waals surface area (Å²) in [6.07, 6.45) is 10.0. The molecule has 0 aromatic carbocycles. The molecule has 0 aromatic rings. The van der Waals surface area contributed by atoms with Crippen LogP contribution >= 0.6 is 0 Å². The molecule has 0 unspecified atom stereocenters. The lowest BCUT2D eigenvalue weighted by Crippen LogP contribution is -1.67. The van der Waals surface area contributed by atoms with Gasteiger partial charge in [-0.1, -0.05) is 12.2 Å². The fourth-order valence-corrected chi connectivity index (χ4v) is 1.60. The van der Waals surface area contributed by atoms with Crippen molar-refractivity contribution in [3.63, 3.8) is 0 Å². The predicted molar refractivity (Wildman–Crippen MR) is 34.6 cm³/mol. The van der Waals surface area contributed by atoms with Crippen LogP contribution in [0.2, 0.25) is 0 Å². The minimum absolute atomic E-state index is 1.21. The third-order valence-corrected chi connectivity index (χ3v) is 2.03. The summed E-state index contributed by atoms with van der Waals surface area (Å²) < 4.78 is 0. The zero-order valence-corrected chi connectivity index (χ0v) is 4.98. The zero-order valence-electron chi connectivity index (χ0n) is 4.98. The number of rotatable bonds is 0.